The average molecular weight is 218 g/mol. The van der Waals surface area contributed by atoms with E-state index in [4.69, 9.17) is 5.26 Å². The molecule has 16 heavy (non-hydrogen) atoms. The van der Waals surface area contributed by atoms with E-state index in [1.165, 1.54) is 4.90 Å². The fraction of sp³-hybridized carbons (Fsp3) is 0.364. The maximum atomic E-state index is 11.8. The van der Waals surface area contributed by atoms with E-state index in [0.29, 0.717) is 24.5 Å². The Morgan fingerprint density at radius 1 is 1.62 bits per heavy atom. The molecule has 1 N–H and O–H groups in total. The van der Waals surface area contributed by atoms with Crippen LogP contribution in [0.4, 0.5) is 5.82 Å². The number of rotatable bonds is 4. The molecule has 1 aromatic heterocycles. The van der Waals surface area contributed by atoms with Crippen molar-refractivity contribution in [2.75, 3.05) is 26.0 Å². The molecule has 0 aliphatic heterocycles. The van der Waals surface area contributed by atoms with Gasteiger partial charge in [-0.3, -0.25) is 4.79 Å². The summed E-state index contributed by atoms with van der Waals surface area (Å²) in [6.45, 7) is 0.417. The van der Waals surface area contributed by atoms with E-state index in [9.17, 15) is 4.79 Å². The molecular weight excluding hydrogens is 204 g/mol. The first-order valence-electron chi connectivity index (χ1n) is 4.96. The molecule has 1 rings (SSSR count). The van der Waals surface area contributed by atoms with E-state index in [1.807, 2.05) is 6.07 Å². The zero-order chi connectivity index (χ0) is 12.0. The molecule has 0 spiro atoms. The molecule has 0 atom stereocenters. The lowest BCUT2D eigenvalue weighted by molar-refractivity contribution is 0.0792. The van der Waals surface area contributed by atoms with Gasteiger partial charge >= 0.3 is 0 Å². The number of carbonyl (C=O) groups is 1. The third-order valence-corrected chi connectivity index (χ3v) is 2.13. The zero-order valence-electron chi connectivity index (χ0n) is 9.40. The SMILES string of the molecule is CNc1cccc(C(=O)N(C)CCC#N)n1. The summed E-state index contributed by atoms with van der Waals surface area (Å²) in [7, 11) is 3.41. The van der Waals surface area contributed by atoms with Crippen LogP contribution in [0.5, 0.6) is 0 Å². The van der Waals surface area contributed by atoms with Gasteiger partial charge in [0.1, 0.15) is 11.5 Å². The molecular formula is C11H14N4O. The molecule has 0 fully saturated rings. The van der Waals surface area contributed by atoms with Gasteiger partial charge in [-0.1, -0.05) is 6.07 Å². The molecule has 0 aliphatic carbocycles. The summed E-state index contributed by atoms with van der Waals surface area (Å²) in [6, 6.07) is 7.21. The van der Waals surface area contributed by atoms with Crippen LogP contribution in [0.3, 0.4) is 0 Å². The molecule has 5 heteroatoms. The lowest BCUT2D eigenvalue weighted by atomic mass is 10.3. The van der Waals surface area contributed by atoms with E-state index in [1.54, 1.807) is 32.3 Å². The van der Waals surface area contributed by atoms with Crippen molar-refractivity contribution in [2.24, 2.45) is 0 Å². The van der Waals surface area contributed by atoms with Crippen LogP contribution in [0.1, 0.15) is 16.9 Å². The number of carbonyl (C=O) groups excluding carboxylic acids is 1. The lowest BCUT2D eigenvalue weighted by Gasteiger charge is -2.14. The Kier molecular flexibility index (Phi) is 4.28. The van der Waals surface area contributed by atoms with Crippen molar-refractivity contribution in [3.63, 3.8) is 0 Å². The second-order valence-corrected chi connectivity index (χ2v) is 3.29. The van der Waals surface area contributed by atoms with Crippen LogP contribution in [-0.4, -0.2) is 36.4 Å². The van der Waals surface area contributed by atoms with Crippen LogP contribution < -0.4 is 5.32 Å². The van der Waals surface area contributed by atoms with Gasteiger partial charge in [-0.05, 0) is 12.1 Å². The summed E-state index contributed by atoms with van der Waals surface area (Å²) < 4.78 is 0. The van der Waals surface area contributed by atoms with E-state index >= 15 is 0 Å². The standard InChI is InChI=1S/C11H14N4O/c1-13-10-6-3-5-9(14-10)11(16)15(2)8-4-7-12/h3,5-6H,4,8H2,1-2H3,(H,13,14). The van der Waals surface area contributed by atoms with Crippen molar-refractivity contribution in [1.29, 1.82) is 5.26 Å². The fourth-order valence-corrected chi connectivity index (χ4v) is 1.21. The van der Waals surface area contributed by atoms with Crippen LogP contribution in [-0.2, 0) is 0 Å². The number of hydrogen-bond donors (Lipinski definition) is 1. The normalized spacial score (nSPS) is 9.31. The topological polar surface area (TPSA) is 69.0 Å². The van der Waals surface area contributed by atoms with Crippen molar-refractivity contribution < 1.29 is 4.79 Å². The monoisotopic (exact) mass is 218 g/mol. The van der Waals surface area contributed by atoms with Gasteiger partial charge in [0, 0.05) is 20.6 Å². The molecule has 1 amide bonds. The number of anilines is 1. The molecule has 0 saturated carbocycles. The first kappa shape index (κ1) is 12.0. The highest BCUT2D eigenvalue weighted by Crippen LogP contribution is 2.06. The highest BCUT2D eigenvalue weighted by molar-refractivity contribution is 5.92. The second-order valence-electron chi connectivity index (χ2n) is 3.29. The second kappa shape index (κ2) is 5.71. The van der Waals surface area contributed by atoms with Crippen LogP contribution in [0.25, 0.3) is 0 Å². The number of pyridine rings is 1. The van der Waals surface area contributed by atoms with Gasteiger partial charge < -0.3 is 10.2 Å². The van der Waals surface area contributed by atoms with Gasteiger partial charge in [-0.2, -0.15) is 5.26 Å². The minimum atomic E-state index is -0.174. The summed E-state index contributed by atoms with van der Waals surface area (Å²) >= 11 is 0. The highest BCUT2D eigenvalue weighted by Gasteiger charge is 2.12. The molecule has 0 unspecified atom stereocenters. The predicted octanol–water partition coefficient (Wildman–Crippen LogP) is 1.11. The van der Waals surface area contributed by atoms with Gasteiger partial charge in [0.15, 0.2) is 0 Å². The fourth-order valence-electron chi connectivity index (χ4n) is 1.21. The zero-order valence-corrected chi connectivity index (χ0v) is 9.40. The van der Waals surface area contributed by atoms with Gasteiger partial charge in [0.2, 0.25) is 0 Å². The minimum Gasteiger partial charge on any atom is -0.373 e. The van der Waals surface area contributed by atoms with E-state index in [2.05, 4.69) is 10.3 Å². The Hall–Kier alpha value is -2.09. The Morgan fingerprint density at radius 3 is 3.00 bits per heavy atom. The van der Waals surface area contributed by atoms with Crippen molar-refractivity contribution in [3.05, 3.63) is 23.9 Å². The van der Waals surface area contributed by atoms with Crippen molar-refractivity contribution in [3.8, 4) is 6.07 Å². The molecule has 1 heterocycles. The van der Waals surface area contributed by atoms with Crippen LogP contribution in [0.15, 0.2) is 18.2 Å². The molecule has 0 saturated heterocycles. The highest BCUT2D eigenvalue weighted by atomic mass is 16.2. The lowest BCUT2D eigenvalue weighted by Crippen LogP contribution is -2.28. The van der Waals surface area contributed by atoms with E-state index in [-0.39, 0.29) is 5.91 Å². The first-order chi connectivity index (χ1) is 7.69. The summed E-state index contributed by atoms with van der Waals surface area (Å²) in [5.41, 5.74) is 0.382. The van der Waals surface area contributed by atoms with E-state index in [0.717, 1.165) is 0 Å². The molecule has 0 aromatic carbocycles. The Balaban J connectivity index is 2.76. The first-order valence-corrected chi connectivity index (χ1v) is 4.96. The van der Waals surface area contributed by atoms with E-state index < -0.39 is 0 Å². The Bertz CT molecular complexity index is 411. The van der Waals surface area contributed by atoms with Crippen molar-refractivity contribution in [2.45, 2.75) is 6.42 Å². The average Bonchev–Trinajstić information content (AvgIpc) is 2.35. The molecule has 0 bridgehead atoms. The van der Waals surface area contributed by atoms with Crippen molar-refractivity contribution in [1.82, 2.24) is 9.88 Å². The van der Waals surface area contributed by atoms with Gasteiger partial charge in [-0.25, -0.2) is 4.98 Å². The smallest absolute Gasteiger partial charge is 0.272 e. The summed E-state index contributed by atoms with van der Waals surface area (Å²) in [4.78, 5) is 17.5. The van der Waals surface area contributed by atoms with Gasteiger partial charge in [-0.15, -0.1) is 0 Å². The third kappa shape index (κ3) is 2.95. The predicted molar refractivity (Wildman–Crippen MR) is 61.0 cm³/mol. The third-order valence-electron chi connectivity index (χ3n) is 2.13. The summed E-state index contributed by atoms with van der Waals surface area (Å²) in [5.74, 6) is 0.479. The minimum absolute atomic E-state index is 0.174. The number of aromatic nitrogens is 1. The van der Waals surface area contributed by atoms with Gasteiger partial charge in [0.25, 0.3) is 5.91 Å². The molecule has 1 aromatic rings. The summed E-state index contributed by atoms with van der Waals surface area (Å²) in [6.07, 6.45) is 0.327. The molecule has 0 aliphatic rings. The van der Waals surface area contributed by atoms with Crippen LogP contribution >= 0.6 is 0 Å². The number of nitriles is 1. The quantitative estimate of drug-likeness (QED) is 0.821. The van der Waals surface area contributed by atoms with Crippen molar-refractivity contribution >= 4 is 11.7 Å². The maximum absolute atomic E-state index is 11.8. The van der Waals surface area contributed by atoms with Gasteiger partial charge in [0.05, 0.1) is 12.5 Å². The molecule has 5 nitrogen and oxygen atoms in total. The number of nitrogens with one attached hydrogen (secondary N) is 1. The number of nitrogens with zero attached hydrogens (tertiary/aromatic N) is 3. The Morgan fingerprint density at radius 2 is 2.38 bits per heavy atom. The number of hydrogen-bond acceptors (Lipinski definition) is 4. The largest absolute Gasteiger partial charge is 0.373 e. The van der Waals surface area contributed by atoms with Crippen LogP contribution in [0.2, 0.25) is 0 Å². The molecule has 84 valence electrons. The number of amides is 1. The molecule has 0 radical (unpaired) electrons. The Labute approximate surface area is 94.7 Å². The van der Waals surface area contributed by atoms with Crippen LogP contribution in [0, 0.1) is 11.3 Å². The summed E-state index contributed by atoms with van der Waals surface area (Å²) in [5, 5.41) is 11.3. The maximum Gasteiger partial charge on any atom is 0.272 e.